The molecule has 3 rings (SSSR count). The van der Waals surface area contributed by atoms with Gasteiger partial charge in [-0.05, 0) is 42.9 Å². The number of ketones is 2. The molecule has 0 unspecified atom stereocenters. The van der Waals surface area contributed by atoms with Crippen LogP contribution in [-0.2, 0) is 9.59 Å². The molecule has 23 heavy (non-hydrogen) atoms. The van der Waals surface area contributed by atoms with Crippen LogP contribution in [0.4, 0.5) is 0 Å². The Morgan fingerprint density at radius 3 is 2.35 bits per heavy atom. The van der Waals surface area contributed by atoms with Crippen LogP contribution in [-0.4, -0.2) is 16.7 Å². The zero-order valence-corrected chi connectivity index (χ0v) is 15.0. The smallest absolute Gasteiger partial charge is 0.233 e. The van der Waals surface area contributed by atoms with E-state index in [9.17, 15) is 14.7 Å². The third-order valence-corrected chi connectivity index (χ3v) is 6.58. The highest BCUT2D eigenvalue weighted by Crippen LogP contribution is 2.61. The highest BCUT2D eigenvalue weighted by Gasteiger charge is 2.55. The standard InChI is InChI=1S/C20H28O3/c1-11(2)14-16(21)12-7-8-13-19(3,4)9-6-10-20(13,5)15(12)18(23)17(14)22/h11,13,21H,6-10H2,1-5H3/t13-,20-/m0/s1. The van der Waals surface area contributed by atoms with Crippen molar-refractivity contribution in [2.45, 2.75) is 66.7 Å². The first kappa shape index (κ1) is 16.5. The van der Waals surface area contributed by atoms with Gasteiger partial charge in [-0.2, -0.15) is 0 Å². The Kier molecular flexibility index (Phi) is 3.62. The zero-order chi connectivity index (χ0) is 17.2. The first-order valence-electron chi connectivity index (χ1n) is 8.87. The Bertz CT molecular complexity index is 648. The molecule has 1 saturated carbocycles. The zero-order valence-electron chi connectivity index (χ0n) is 15.0. The summed E-state index contributed by atoms with van der Waals surface area (Å²) in [6.45, 7) is 10.4. The summed E-state index contributed by atoms with van der Waals surface area (Å²) in [6.07, 6.45) is 4.86. The van der Waals surface area contributed by atoms with Gasteiger partial charge in [-0.1, -0.05) is 41.0 Å². The monoisotopic (exact) mass is 316 g/mol. The van der Waals surface area contributed by atoms with Crippen LogP contribution < -0.4 is 0 Å². The first-order chi connectivity index (χ1) is 10.6. The Morgan fingerprint density at radius 2 is 1.74 bits per heavy atom. The summed E-state index contributed by atoms with van der Waals surface area (Å²) in [5, 5.41) is 10.7. The Hall–Kier alpha value is -1.38. The molecule has 0 radical (unpaired) electrons. The topological polar surface area (TPSA) is 54.4 Å². The lowest BCUT2D eigenvalue weighted by molar-refractivity contribution is -0.134. The summed E-state index contributed by atoms with van der Waals surface area (Å²) in [5.41, 5.74) is 1.60. The molecule has 0 heterocycles. The molecule has 0 saturated heterocycles. The first-order valence-corrected chi connectivity index (χ1v) is 8.87. The summed E-state index contributed by atoms with van der Waals surface area (Å²) in [6, 6.07) is 0. The Morgan fingerprint density at radius 1 is 1.09 bits per heavy atom. The Balaban J connectivity index is 2.21. The van der Waals surface area contributed by atoms with E-state index in [0.717, 1.165) is 31.3 Å². The molecule has 1 fully saturated rings. The summed E-state index contributed by atoms with van der Waals surface area (Å²) in [4.78, 5) is 25.5. The molecular weight excluding hydrogens is 288 g/mol. The maximum absolute atomic E-state index is 12.9. The quantitative estimate of drug-likeness (QED) is 0.571. The Labute approximate surface area is 138 Å². The SMILES string of the molecule is CC(C)C1=C(O)C2=C(C(=O)C1=O)[C@@]1(C)CCCC(C)(C)[C@@H]1CC2. The van der Waals surface area contributed by atoms with Crippen molar-refractivity contribution in [3.8, 4) is 0 Å². The normalized spacial score (nSPS) is 33.9. The number of aliphatic hydroxyl groups is 1. The van der Waals surface area contributed by atoms with E-state index in [1.165, 1.54) is 0 Å². The average molecular weight is 316 g/mol. The van der Waals surface area contributed by atoms with Crippen LogP contribution in [0.5, 0.6) is 0 Å². The van der Waals surface area contributed by atoms with Crippen LogP contribution in [0.3, 0.4) is 0 Å². The second-order valence-electron chi connectivity index (χ2n) is 8.78. The van der Waals surface area contributed by atoms with Gasteiger partial charge < -0.3 is 5.11 Å². The molecule has 0 aromatic heterocycles. The number of rotatable bonds is 1. The molecule has 3 nitrogen and oxygen atoms in total. The van der Waals surface area contributed by atoms with Crippen molar-refractivity contribution in [1.82, 2.24) is 0 Å². The van der Waals surface area contributed by atoms with Crippen molar-refractivity contribution >= 4 is 11.6 Å². The molecule has 3 aliphatic rings. The van der Waals surface area contributed by atoms with Crippen molar-refractivity contribution in [3.63, 3.8) is 0 Å². The van der Waals surface area contributed by atoms with Gasteiger partial charge in [-0.25, -0.2) is 0 Å². The number of carbonyl (C=O) groups excluding carboxylic acids is 2. The van der Waals surface area contributed by atoms with Gasteiger partial charge in [0.05, 0.1) is 0 Å². The molecule has 0 aliphatic heterocycles. The highest BCUT2D eigenvalue weighted by molar-refractivity contribution is 6.50. The van der Waals surface area contributed by atoms with E-state index in [1.807, 2.05) is 13.8 Å². The fourth-order valence-corrected chi connectivity index (χ4v) is 5.56. The fraction of sp³-hybridized carbons (Fsp3) is 0.700. The maximum atomic E-state index is 12.9. The number of carbonyl (C=O) groups is 2. The van der Waals surface area contributed by atoms with Crippen LogP contribution in [0.15, 0.2) is 22.5 Å². The van der Waals surface area contributed by atoms with Crippen molar-refractivity contribution in [2.24, 2.45) is 22.7 Å². The van der Waals surface area contributed by atoms with Gasteiger partial charge in [0.2, 0.25) is 11.6 Å². The van der Waals surface area contributed by atoms with Crippen molar-refractivity contribution in [1.29, 1.82) is 0 Å². The molecule has 0 aromatic rings. The van der Waals surface area contributed by atoms with E-state index in [1.54, 1.807) is 0 Å². The molecule has 0 amide bonds. The largest absolute Gasteiger partial charge is 0.507 e. The fourth-order valence-electron chi connectivity index (χ4n) is 5.56. The molecule has 126 valence electrons. The van der Waals surface area contributed by atoms with Crippen LogP contribution >= 0.6 is 0 Å². The van der Waals surface area contributed by atoms with E-state index in [2.05, 4.69) is 20.8 Å². The molecule has 3 heteroatoms. The molecule has 0 spiro atoms. The second-order valence-corrected chi connectivity index (χ2v) is 8.78. The lowest BCUT2D eigenvalue weighted by atomic mass is 9.49. The van der Waals surface area contributed by atoms with Crippen LogP contribution in [0.25, 0.3) is 0 Å². The number of fused-ring (bicyclic) bond motifs is 2. The highest BCUT2D eigenvalue weighted by atomic mass is 16.3. The number of hydrogen-bond acceptors (Lipinski definition) is 3. The third kappa shape index (κ3) is 2.15. The van der Waals surface area contributed by atoms with Crippen molar-refractivity contribution in [3.05, 3.63) is 22.5 Å². The van der Waals surface area contributed by atoms with E-state index in [-0.39, 0.29) is 28.3 Å². The van der Waals surface area contributed by atoms with E-state index < -0.39 is 5.78 Å². The summed E-state index contributed by atoms with van der Waals surface area (Å²) in [5.74, 6) is -0.475. The number of hydrogen-bond donors (Lipinski definition) is 1. The average Bonchev–Trinajstić information content (AvgIpc) is 2.43. The summed E-state index contributed by atoms with van der Waals surface area (Å²) >= 11 is 0. The molecular formula is C20H28O3. The van der Waals surface area contributed by atoms with Gasteiger partial charge in [0.15, 0.2) is 0 Å². The maximum Gasteiger partial charge on any atom is 0.233 e. The minimum atomic E-state index is -0.485. The number of aliphatic hydroxyl groups excluding tert-OH is 1. The van der Waals surface area contributed by atoms with Gasteiger partial charge in [0, 0.05) is 22.1 Å². The lowest BCUT2D eigenvalue weighted by Crippen LogP contribution is -2.49. The van der Waals surface area contributed by atoms with Gasteiger partial charge >= 0.3 is 0 Å². The number of allylic oxidation sites excluding steroid dienone is 3. The van der Waals surface area contributed by atoms with E-state index in [4.69, 9.17) is 0 Å². The minimum Gasteiger partial charge on any atom is -0.507 e. The second kappa shape index (κ2) is 5.06. The predicted molar refractivity (Wildman–Crippen MR) is 90.0 cm³/mol. The van der Waals surface area contributed by atoms with Gasteiger partial charge in [0.1, 0.15) is 5.76 Å². The molecule has 0 aromatic carbocycles. The lowest BCUT2D eigenvalue weighted by Gasteiger charge is -2.55. The van der Waals surface area contributed by atoms with Gasteiger partial charge in [0.25, 0.3) is 0 Å². The van der Waals surface area contributed by atoms with E-state index >= 15 is 0 Å². The van der Waals surface area contributed by atoms with E-state index in [0.29, 0.717) is 23.5 Å². The minimum absolute atomic E-state index is 0.0997. The molecule has 0 bridgehead atoms. The number of Topliss-reactive ketones (excluding diaryl/α,β-unsaturated/α-hetero) is 2. The van der Waals surface area contributed by atoms with Gasteiger partial charge in [-0.3, -0.25) is 9.59 Å². The molecule has 2 atom stereocenters. The van der Waals surface area contributed by atoms with Crippen molar-refractivity contribution in [2.75, 3.05) is 0 Å². The van der Waals surface area contributed by atoms with Crippen LogP contribution in [0, 0.1) is 22.7 Å². The molecule has 3 aliphatic carbocycles. The third-order valence-electron chi connectivity index (χ3n) is 6.58. The van der Waals surface area contributed by atoms with Crippen LogP contribution in [0.1, 0.15) is 66.7 Å². The summed E-state index contributed by atoms with van der Waals surface area (Å²) < 4.78 is 0. The van der Waals surface area contributed by atoms with Gasteiger partial charge in [-0.15, -0.1) is 0 Å². The summed E-state index contributed by atoms with van der Waals surface area (Å²) in [7, 11) is 0. The molecule has 1 N–H and O–H groups in total. The predicted octanol–water partition coefficient (Wildman–Crippen LogP) is 4.53. The van der Waals surface area contributed by atoms with Crippen molar-refractivity contribution < 1.29 is 14.7 Å². The van der Waals surface area contributed by atoms with Crippen LogP contribution in [0.2, 0.25) is 0 Å².